The average Bonchev–Trinajstić information content (AvgIpc) is 3.10. The molecule has 0 aliphatic heterocycles. The number of hydrogen-bond acceptors (Lipinski definition) is 6. The molecule has 22 heavy (non-hydrogen) atoms. The Kier molecular flexibility index (Phi) is 3.63. The van der Waals surface area contributed by atoms with Gasteiger partial charge >= 0.3 is 0 Å². The molecule has 1 aromatic carbocycles. The molecule has 9 heteroatoms. The molecule has 0 saturated carbocycles. The van der Waals surface area contributed by atoms with Crippen LogP contribution in [0.3, 0.4) is 0 Å². The number of benzene rings is 1. The number of tetrazole rings is 1. The number of amides is 1. The highest BCUT2D eigenvalue weighted by molar-refractivity contribution is 7.15. The summed E-state index contributed by atoms with van der Waals surface area (Å²) in [5.41, 5.74) is 1.23. The van der Waals surface area contributed by atoms with Gasteiger partial charge in [-0.25, -0.2) is 14.1 Å². The standard InChI is InChI=1S/C13H11FN6OS/c1-7-8(2)22-13(16-7)17-12(21)10-5-9(3-4-11(10)14)20-6-15-18-19-20/h3-6H,1-2H3,(H,16,17,21). The van der Waals surface area contributed by atoms with E-state index in [0.29, 0.717) is 10.8 Å². The zero-order valence-electron chi connectivity index (χ0n) is 11.7. The number of thiazole rings is 1. The van der Waals surface area contributed by atoms with E-state index in [1.807, 2.05) is 13.8 Å². The molecule has 0 saturated heterocycles. The van der Waals surface area contributed by atoms with Gasteiger partial charge in [0.2, 0.25) is 0 Å². The van der Waals surface area contributed by atoms with Crippen LogP contribution in [0.1, 0.15) is 20.9 Å². The number of rotatable bonds is 3. The van der Waals surface area contributed by atoms with Gasteiger partial charge in [0.1, 0.15) is 12.1 Å². The molecular weight excluding hydrogens is 307 g/mol. The Morgan fingerprint density at radius 2 is 2.18 bits per heavy atom. The van der Waals surface area contributed by atoms with Crippen LogP contribution in [-0.4, -0.2) is 31.1 Å². The predicted octanol–water partition coefficient (Wildman–Crippen LogP) is 2.13. The van der Waals surface area contributed by atoms with Gasteiger partial charge in [0, 0.05) is 4.88 Å². The Hall–Kier alpha value is -2.68. The Bertz CT molecular complexity index is 810. The van der Waals surface area contributed by atoms with Crippen molar-refractivity contribution < 1.29 is 9.18 Å². The Morgan fingerprint density at radius 3 is 2.82 bits per heavy atom. The predicted molar refractivity (Wildman–Crippen MR) is 78.7 cm³/mol. The van der Waals surface area contributed by atoms with Crippen LogP contribution in [0, 0.1) is 19.7 Å². The highest BCUT2D eigenvalue weighted by atomic mass is 32.1. The lowest BCUT2D eigenvalue weighted by atomic mass is 10.1. The zero-order chi connectivity index (χ0) is 15.7. The SMILES string of the molecule is Cc1nc(NC(=O)c2cc(-n3cnnn3)ccc2F)sc1C. The average molecular weight is 318 g/mol. The highest BCUT2D eigenvalue weighted by Crippen LogP contribution is 2.22. The molecule has 0 atom stereocenters. The van der Waals surface area contributed by atoms with E-state index in [-0.39, 0.29) is 5.56 Å². The lowest BCUT2D eigenvalue weighted by Crippen LogP contribution is -2.14. The second-order valence-electron chi connectivity index (χ2n) is 4.53. The van der Waals surface area contributed by atoms with Crippen LogP contribution >= 0.6 is 11.3 Å². The molecule has 0 aliphatic carbocycles. The maximum Gasteiger partial charge on any atom is 0.260 e. The summed E-state index contributed by atoms with van der Waals surface area (Å²) in [7, 11) is 0. The molecule has 112 valence electrons. The van der Waals surface area contributed by atoms with Crippen molar-refractivity contribution >= 4 is 22.4 Å². The summed E-state index contributed by atoms with van der Waals surface area (Å²) in [4.78, 5) is 17.4. The second-order valence-corrected chi connectivity index (χ2v) is 5.74. The van der Waals surface area contributed by atoms with Crippen molar-refractivity contribution in [2.75, 3.05) is 5.32 Å². The molecule has 3 rings (SSSR count). The largest absolute Gasteiger partial charge is 0.298 e. The van der Waals surface area contributed by atoms with Gasteiger partial charge in [0.05, 0.1) is 16.9 Å². The maximum atomic E-state index is 13.9. The fraction of sp³-hybridized carbons (Fsp3) is 0.154. The van der Waals surface area contributed by atoms with E-state index in [4.69, 9.17) is 0 Å². The molecule has 0 aliphatic rings. The summed E-state index contributed by atoms with van der Waals surface area (Å²) >= 11 is 1.34. The normalized spacial score (nSPS) is 10.7. The summed E-state index contributed by atoms with van der Waals surface area (Å²) < 4.78 is 15.3. The molecular formula is C13H11FN6OS. The van der Waals surface area contributed by atoms with E-state index in [2.05, 4.69) is 25.8 Å². The summed E-state index contributed by atoms with van der Waals surface area (Å²) in [6.07, 6.45) is 1.36. The van der Waals surface area contributed by atoms with Crippen molar-refractivity contribution in [1.29, 1.82) is 0 Å². The van der Waals surface area contributed by atoms with Crippen molar-refractivity contribution in [1.82, 2.24) is 25.2 Å². The number of nitrogens with zero attached hydrogens (tertiary/aromatic N) is 5. The first-order valence-electron chi connectivity index (χ1n) is 6.33. The van der Waals surface area contributed by atoms with Crippen molar-refractivity contribution in [3.05, 3.63) is 46.5 Å². The fourth-order valence-corrected chi connectivity index (χ4v) is 2.61. The van der Waals surface area contributed by atoms with E-state index in [1.54, 1.807) is 0 Å². The van der Waals surface area contributed by atoms with E-state index in [0.717, 1.165) is 10.6 Å². The molecule has 1 N–H and O–H groups in total. The molecule has 2 heterocycles. The minimum absolute atomic E-state index is 0.0986. The number of aromatic nitrogens is 5. The molecule has 3 aromatic rings. The third-order valence-corrected chi connectivity index (χ3v) is 4.05. The van der Waals surface area contributed by atoms with Gasteiger partial charge in [-0.3, -0.25) is 10.1 Å². The van der Waals surface area contributed by atoms with Crippen LogP contribution in [0.5, 0.6) is 0 Å². The lowest BCUT2D eigenvalue weighted by Gasteiger charge is -2.06. The number of aryl methyl sites for hydroxylation is 2. The Balaban J connectivity index is 1.90. The van der Waals surface area contributed by atoms with Crippen molar-refractivity contribution in [2.24, 2.45) is 0 Å². The van der Waals surface area contributed by atoms with Gasteiger partial charge in [0.15, 0.2) is 5.13 Å². The van der Waals surface area contributed by atoms with Crippen LogP contribution in [0.15, 0.2) is 24.5 Å². The fourth-order valence-electron chi connectivity index (χ4n) is 1.80. The van der Waals surface area contributed by atoms with Crippen LogP contribution in [0.2, 0.25) is 0 Å². The molecule has 0 radical (unpaired) electrons. The topological polar surface area (TPSA) is 85.6 Å². The number of carbonyl (C=O) groups is 1. The zero-order valence-corrected chi connectivity index (χ0v) is 12.6. The van der Waals surface area contributed by atoms with Gasteiger partial charge in [-0.05, 0) is 42.5 Å². The quantitative estimate of drug-likeness (QED) is 0.799. The number of halogens is 1. The molecule has 0 bridgehead atoms. The van der Waals surface area contributed by atoms with Gasteiger partial charge in [-0.2, -0.15) is 0 Å². The molecule has 0 unspecified atom stereocenters. The van der Waals surface area contributed by atoms with Gasteiger partial charge in [-0.1, -0.05) is 0 Å². The highest BCUT2D eigenvalue weighted by Gasteiger charge is 2.15. The van der Waals surface area contributed by atoms with Crippen LogP contribution in [0.4, 0.5) is 9.52 Å². The summed E-state index contributed by atoms with van der Waals surface area (Å²) in [6.45, 7) is 3.75. The number of carbonyl (C=O) groups excluding carboxylic acids is 1. The molecule has 1 amide bonds. The first kappa shape index (κ1) is 14.3. The first-order valence-corrected chi connectivity index (χ1v) is 7.14. The van der Waals surface area contributed by atoms with Gasteiger partial charge in [0.25, 0.3) is 5.91 Å². The third-order valence-electron chi connectivity index (χ3n) is 3.06. The summed E-state index contributed by atoms with van der Waals surface area (Å²) in [5.74, 6) is -1.19. The molecule has 0 spiro atoms. The molecule has 0 fully saturated rings. The van der Waals surface area contributed by atoms with Crippen LogP contribution < -0.4 is 5.32 Å². The lowest BCUT2D eigenvalue weighted by molar-refractivity contribution is 0.102. The van der Waals surface area contributed by atoms with Crippen molar-refractivity contribution in [3.8, 4) is 5.69 Å². The van der Waals surface area contributed by atoms with Crippen LogP contribution in [0.25, 0.3) is 5.69 Å². The number of nitrogens with one attached hydrogen (secondary N) is 1. The maximum absolute atomic E-state index is 13.9. The third kappa shape index (κ3) is 2.70. The summed E-state index contributed by atoms with van der Waals surface area (Å²) in [5, 5.41) is 13.8. The van der Waals surface area contributed by atoms with Gasteiger partial charge < -0.3 is 0 Å². The molecule has 2 aromatic heterocycles. The van der Waals surface area contributed by atoms with Gasteiger partial charge in [-0.15, -0.1) is 16.4 Å². The number of anilines is 1. The minimum atomic E-state index is -0.626. The van der Waals surface area contributed by atoms with Crippen molar-refractivity contribution in [2.45, 2.75) is 13.8 Å². The minimum Gasteiger partial charge on any atom is -0.298 e. The Labute approximate surface area is 128 Å². The number of hydrogen-bond donors (Lipinski definition) is 1. The van der Waals surface area contributed by atoms with E-state index < -0.39 is 11.7 Å². The van der Waals surface area contributed by atoms with Crippen LogP contribution in [-0.2, 0) is 0 Å². The van der Waals surface area contributed by atoms with E-state index in [9.17, 15) is 9.18 Å². The molecule has 7 nitrogen and oxygen atoms in total. The van der Waals surface area contributed by atoms with E-state index in [1.165, 1.54) is 40.5 Å². The monoisotopic (exact) mass is 318 g/mol. The summed E-state index contributed by atoms with van der Waals surface area (Å²) in [6, 6.07) is 4.07. The second kappa shape index (κ2) is 5.60. The first-order chi connectivity index (χ1) is 10.5. The smallest absolute Gasteiger partial charge is 0.260 e. The Morgan fingerprint density at radius 1 is 1.36 bits per heavy atom. The van der Waals surface area contributed by atoms with Crippen molar-refractivity contribution in [3.63, 3.8) is 0 Å². The van der Waals surface area contributed by atoms with E-state index >= 15 is 0 Å².